The van der Waals surface area contributed by atoms with E-state index >= 15 is 0 Å². The maximum absolute atomic E-state index is 13.6. The molecular formula is C16H18ClF2N3O3. The molecule has 0 spiro atoms. The smallest absolute Gasteiger partial charge is 0.303 e. The minimum Gasteiger partial charge on any atom is -0.465 e. The summed E-state index contributed by atoms with van der Waals surface area (Å²) in [6.07, 6.45) is 0.153. The van der Waals surface area contributed by atoms with Crippen LogP contribution >= 0.6 is 11.6 Å². The van der Waals surface area contributed by atoms with Crippen molar-refractivity contribution in [2.75, 3.05) is 13.3 Å². The van der Waals surface area contributed by atoms with Crippen LogP contribution in [0.4, 0.5) is 8.78 Å². The summed E-state index contributed by atoms with van der Waals surface area (Å²) in [7, 11) is 0. The number of rotatable bonds is 8. The lowest BCUT2D eigenvalue weighted by Gasteiger charge is -2.37. The molecule has 9 heteroatoms. The second kappa shape index (κ2) is 8.24. The zero-order valence-electron chi connectivity index (χ0n) is 13.7. The summed E-state index contributed by atoms with van der Waals surface area (Å²) < 4.78 is 39.5. The molecule has 0 bridgehead atoms. The van der Waals surface area contributed by atoms with E-state index < -0.39 is 37.1 Å². The number of nitrogens with zero attached hydrogens (tertiary/aromatic N) is 3. The van der Waals surface area contributed by atoms with Gasteiger partial charge in [0.15, 0.2) is 6.10 Å². The Morgan fingerprint density at radius 3 is 2.44 bits per heavy atom. The van der Waals surface area contributed by atoms with E-state index in [4.69, 9.17) is 21.1 Å². The molecule has 0 aliphatic rings. The number of aromatic nitrogens is 3. The molecule has 1 heterocycles. The number of carbonyl (C=O) groups is 1. The summed E-state index contributed by atoms with van der Waals surface area (Å²) >= 11 is 5.85. The quantitative estimate of drug-likeness (QED) is 0.663. The third-order valence-corrected chi connectivity index (χ3v) is 3.87. The molecule has 136 valence electrons. The Morgan fingerprint density at radius 2 is 1.96 bits per heavy atom. The van der Waals surface area contributed by atoms with E-state index in [9.17, 15) is 13.6 Å². The topological polar surface area (TPSA) is 66.2 Å². The fourth-order valence-corrected chi connectivity index (χ4v) is 2.29. The predicted octanol–water partition coefficient (Wildman–Crippen LogP) is 3.39. The summed E-state index contributed by atoms with van der Waals surface area (Å²) in [6, 6.07) is 6.36. The monoisotopic (exact) mass is 373 g/mol. The van der Waals surface area contributed by atoms with Crippen LogP contribution in [0.5, 0.6) is 5.75 Å². The molecule has 0 fully saturated rings. The molecular weight excluding hydrogens is 356 g/mol. The number of ether oxygens (including phenoxy) is 2. The van der Waals surface area contributed by atoms with Gasteiger partial charge in [-0.1, -0.05) is 18.5 Å². The Labute approximate surface area is 148 Å². The van der Waals surface area contributed by atoms with E-state index in [1.54, 1.807) is 24.3 Å². The fourth-order valence-electron chi connectivity index (χ4n) is 2.17. The summed E-state index contributed by atoms with van der Waals surface area (Å²) in [5.41, 5.74) is -1.62. The van der Waals surface area contributed by atoms with Crippen LogP contribution in [0, 0.1) is 5.41 Å². The molecule has 1 aromatic carbocycles. The van der Waals surface area contributed by atoms with Crippen LogP contribution in [0.25, 0.3) is 0 Å². The Morgan fingerprint density at radius 1 is 1.32 bits per heavy atom. The SMILES string of the molecule is CC(=O)OC(C(Oc1ccc(Cl)cc1)n1cncn1)C(C)(CF)CF. The van der Waals surface area contributed by atoms with Gasteiger partial charge in [0, 0.05) is 11.9 Å². The summed E-state index contributed by atoms with van der Waals surface area (Å²) in [5.74, 6) is -0.329. The van der Waals surface area contributed by atoms with Crippen molar-refractivity contribution in [1.82, 2.24) is 14.8 Å². The lowest BCUT2D eigenvalue weighted by molar-refractivity contribution is -0.172. The van der Waals surface area contributed by atoms with Gasteiger partial charge < -0.3 is 9.47 Å². The highest BCUT2D eigenvalue weighted by Crippen LogP contribution is 2.35. The summed E-state index contributed by atoms with van der Waals surface area (Å²) in [6.45, 7) is 0.369. The average molecular weight is 374 g/mol. The molecule has 2 aromatic rings. The number of hydrogen-bond acceptors (Lipinski definition) is 5. The average Bonchev–Trinajstić information content (AvgIpc) is 3.13. The van der Waals surface area contributed by atoms with E-state index in [0.29, 0.717) is 10.8 Å². The third kappa shape index (κ3) is 4.66. The molecule has 0 saturated heterocycles. The van der Waals surface area contributed by atoms with Crippen molar-refractivity contribution in [3.63, 3.8) is 0 Å². The Kier molecular flexibility index (Phi) is 6.30. The highest BCUT2D eigenvalue weighted by atomic mass is 35.5. The molecule has 0 aliphatic carbocycles. The first-order chi connectivity index (χ1) is 11.9. The normalized spacial score (nSPS) is 14.0. The number of esters is 1. The lowest BCUT2D eigenvalue weighted by Crippen LogP contribution is -2.47. The van der Waals surface area contributed by atoms with Crippen molar-refractivity contribution in [3.8, 4) is 5.75 Å². The summed E-state index contributed by atoms with van der Waals surface area (Å²) in [5, 5.41) is 4.46. The van der Waals surface area contributed by atoms with Gasteiger partial charge in [-0.05, 0) is 24.3 Å². The van der Waals surface area contributed by atoms with Gasteiger partial charge in [0.1, 0.15) is 31.8 Å². The standard InChI is InChI=1S/C16H18ClF2N3O3/c1-11(23)24-14(16(2,7-18)8-19)15(22-10-20-9-21-22)25-13-5-3-12(17)4-6-13/h3-6,9-10,14-15H,7-8H2,1-2H3. The van der Waals surface area contributed by atoms with E-state index in [0.717, 1.165) is 6.92 Å². The first kappa shape index (κ1) is 19.1. The molecule has 2 atom stereocenters. The Bertz CT molecular complexity index is 678. The minimum atomic E-state index is -1.62. The van der Waals surface area contributed by atoms with Gasteiger partial charge >= 0.3 is 5.97 Å². The number of halogens is 3. The van der Waals surface area contributed by atoms with Crippen LogP contribution in [-0.4, -0.2) is 40.2 Å². The van der Waals surface area contributed by atoms with E-state index in [2.05, 4.69) is 10.1 Å². The van der Waals surface area contributed by atoms with Crippen LogP contribution in [0.3, 0.4) is 0 Å². The second-order valence-corrected chi connectivity index (χ2v) is 6.23. The van der Waals surface area contributed by atoms with Crippen molar-refractivity contribution in [2.45, 2.75) is 26.2 Å². The number of hydrogen-bond donors (Lipinski definition) is 0. The molecule has 2 rings (SSSR count). The molecule has 25 heavy (non-hydrogen) atoms. The molecule has 0 radical (unpaired) electrons. The second-order valence-electron chi connectivity index (χ2n) is 5.79. The van der Waals surface area contributed by atoms with Crippen molar-refractivity contribution >= 4 is 17.6 Å². The molecule has 0 amide bonds. The van der Waals surface area contributed by atoms with Crippen molar-refractivity contribution in [3.05, 3.63) is 41.9 Å². The largest absolute Gasteiger partial charge is 0.465 e. The van der Waals surface area contributed by atoms with Crippen LogP contribution in [-0.2, 0) is 9.53 Å². The molecule has 6 nitrogen and oxygen atoms in total. The highest BCUT2D eigenvalue weighted by molar-refractivity contribution is 6.30. The maximum atomic E-state index is 13.6. The van der Waals surface area contributed by atoms with E-state index in [1.165, 1.54) is 24.3 Å². The molecule has 1 aromatic heterocycles. The molecule has 0 N–H and O–H groups in total. The van der Waals surface area contributed by atoms with Crippen LogP contribution < -0.4 is 4.74 Å². The van der Waals surface area contributed by atoms with Crippen molar-refractivity contribution in [2.24, 2.45) is 5.41 Å². The van der Waals surface area contributed by atoms with E-state index in [1.807, 2.05) is 0 Å². The van der Waals surface area contributed by atoms with Gasteiger partial charge in [0.25, 0.3) is 0 Å². The Balaban J connectivity index is 2.42. The van der Waals surface area contributed by atoms with Crippen LogP contribution in [0.15, 0.2) is 36.9 Å². The van der Waals surface area contributed by atoms with E-state index in [-0.39, 0.29) is 0 Å². The maximum Gasteiger partial charge on any atom is 0.303 e. The van der Waals surface area contributed by atoms with Crippen LogP contribution in [0.2, 0.25) is 5.02 Å². The highest BCUT2D eigenvalue weighted by Gasteiger charge is 2.45. The van der Waals surface area contributed by atoms with Gasteiger partial charge in [-0.15, -0.1) is 0 Å². The van der Waals surface area contributed by atoms with Crippen LogP contribution in [0.1, 0.15) is 20.1 Å². The van der Waals surface area contributed by atoms with Gasteiger partial charge in [0.2, 0.25) is 6.23 Å². The van der Waals surface area contributed by atoms with Gasteiger partial charge in [0.05, 0.1) is 5.41 Å². The van der Waals surface area contributed by atoms with Crippen molar-refractivity contribution < 1.29 is 23.0 Å². The van der Waals surface area contributed by atoms with Gasteiger partial charge in [-0.2, -0.15) is 5.10 Å². The number of alkyl halides is 2. The first-order valence-electron chi connectivity index (χ1n) is 7.45. The fraction of sp³-hybridized carbons (Fsp3) is 0.438. The van der Waals surface area contributed by atoms with Gasteiger partial charge in [-0.25, -0.2) is 9.67 Å². The molecule has 2 unspecified atom stereocenters. The zero-order chi connectivity index (χ0) is 18.4. The molecule has 0 aliphatic heterocycles. The Hall–Kier alpha value is -2.22. The zero-order valence-corrected chi connectivity index (χ0v) is 14.5. The predicted molar refractivity (Wildman–Crippen MR) is 86.8 cm³/mol. The minimum absolute atomic E-state index is 0.363. The van der Waals surface area contributed by atoms with Gasteiger partial charge in [-0.3, -0.25) is 13.6 Å². The third-order valence-electron chi connectivity index (χ3n) is 3.62. The number of carbonyl (C=O) groups excluding carboxylic acids is 1. The summed E-state index contributed by atoms with van der Waals surface area (Å²) in [4.78, 5) is 15.3. The molecule has 0 saturated carbocycles. The van der Waals surface area contributed by atoms with Crippen molar-refractivity contribution in [1.29, 1.82) is 0 Å². The number of benzene rings is 1. The lowest BCUT2D eigenvalue weighted by atomic mass is 9.85. The first-order valence-corrected chi connectivity index (χ1v) is 7.83.